The fraction of sp³-hybridized carbons (Fsp3) is 0.872. The van der Waals surface area contributed by atoms with E-state index in [0.717, 1.165) is 51.4 Å². The number of ether oxygens (including phenoxy) is 4. The molecule has 3 aliphatic rings. The first kappa shape index (κ1) is 46.9. The summed E-state index contributed by atoms with van der Waals surface area (Å²) in [4.78, 5) is 58.8. The molecule has 13 nitrogen and oxygen atoms in total. The Bertz CT molecular complexity index is 1230. The third-order valence-electron chi connectivity index (χ3n) is 10.5. The number of nitrogens with two attached hydrogens (primary N) is 1. The van der Waals surface area contributed by atoms with Crippen molar-refractivity contribution in [1.29, 1.82) is 0 Å². The lowest BCUT2D eigenvalue weighted by Gasteiger charge is -2.41. The summed E-state index contributed by atoms with van der Waals surface area (Å²) in [6.45, 7) is 23.6. The minimum atomic E-state index is -1.18. The molecule has 3 aliphatic carbocycles. The molecule has 0 spiro atoms. The molecular formula is C39H71N3O10. The number of nitrogens with one attached hydrogen (secondary N) is 2. The van der Waals surface area contributed by atoms with Crippen molar-refractivity contribution >= 4 is 30.1 Å². The van der Waals surface area contributed by atoms with Crippen LogP contribution in [-0.2, 0) is 33.3 Å². The van der Waals surface area contributed by atoms with Crippen LogP contribution in [0, 0.1) is 16.2 Å². The Kier molecular flexibility index (Phi) is 15.7. The highest BCUT2D eigenvalue weighted by molar-refractivity contribution is 5.86. The highest BCUT2D eigenvalue weighted by Crippen LogP contribution is 2.42. The molecule has 0 aromatic carbocycles. The first-order valence-electron chi connectivity index (χ1n) is 18.6. The molecule has 0 heterocycles. The third kappa shape index (κ3) is 15.1. The van der Waals surface area contributed by atoms with Crippen LogP contribution in [0.4, 0.5) is 9.59 Å². The van der Waals surface area contributed by atoms with Crippen molar-refractivity contribution in [2.24, 2.45) is 22.0 Å². The van der Waals surface area contributed by atoms with E-state index in [4.69, 9.17) is 24.7 Å². The Hall–Kier alpha value is -3.09. The topological polar surface area (TPSA) is 193 Å². The van der Waals surface area contributed by atoms with Crippen molar-refractivity contribution in [3.8, 4) is 0 Å². The second kappa shape index (κ2) is 17.4. The SMILES string of the molecule is CC1(C)CCC(NC(=O)OC(C)(C)C)(C(=O)O)CC1.COC(=O)C1(N)CCC(C)(C)CC1.COC(=O)C1(NC(=O)OC(C)(C)C)CCC(C)(C)CC1. The van der Waals surface area contributed by atoms with Gasteiger partial charge in [0.15, 0.2) is 0 Å². The van der Waals surface area contributed by atoms with Crippen LogP contribution in [0.3, 0.4) is 0 Å². The van der Waals surface area contributed by atoms with Gasteiger partial charge in [-0.25, -0.2) is 19.2 Å². The number of carbonyl (C=O) groups is 5. The fourth-order valence-corrected chi connectivity index (χ4v) is 6.45. The second-order valence-corrected chi connectivity index (χ2v) is 19.4. The average molecular weight is 742 g/mol. The van der Waals surface area contributed by atoms with Crippen molar-refractivity contribution < 1.29 is 48.0 Å². The number of carbonyl (C=O) groups excluding carboxylic acids is 4. The molecule has 13 heteroatoms. The van der Waals surface area contributed by atoms with Crippen LogP contribution in [0.2, 0.25) is 0 Å². The first-order valence-corrected chi connectivity index (χ1v) is 18.6. The van der Waals surface area contributed by atoms with E-state index in [0.29, 0.717) is 31.1 Å². The maximum absolute atomic E-state index is 12.1. The average Bonchev–Trinajstić information content (AvgIpc) is 2.99. The van der Waals surface area contributed by atoms with Gasteiger partial charge in [-0.2, -0.15) is 0 Å². The van der Waals surface area contributed by atoms with Gasteiger partial charge in [0.25, 0.3) is 0 Å². The molecule has 0 bridgehead atoms. The Balaban J connectivity index is 0.000000399. The Morgan fingerprint density at radius 1 is 0.519 bits per heavy atom. The number of hydrogen-bond acceptors (Lipinski definition) is 10. The zero-order valence-electron chi connectivity index (χ0n) is 34.7. The quantitative estimate of drug-likeness (QED) is 0.162. The maximum Gasteiger partial charge on any atom is 0.408 e. The predicted molar refractivity (Wildman–Crippen MR) is 200 cm³/mol. The van der Waals surface area contributed by atoms with E-state index in [2.05, 4.69) is 52.2 Å². The van der Waals surface area contributed by atoms with Crippen LogP contribution in [-0.4, -0.2) is 77.2 Å². The van der Waals surface area contributed by atoms with Gasteiger partial charge in [-0.1, -0.05) is 41.5 Å². The lowest BCUT2D eigenvalue weighted by Crippen LogP contribution is -2.58. The van der Waals surface area contributed by atoms with Crippen LogP contribution in [0.1, 0.15) is 160 Å². The molecule has 5 N–H and O–H groups in total. The third-order valence-corrected chi connectivity index (χ3v) is 10.5. The van der Waals surface area contributed by atoms with Crippen LogP contribution < -0.4 is 16.4 Å². The van der Waals surface area contributed by atoms with Gasteiger partial charge in [0, 0.05) is 0 Å². The van der Waals surface area contributed by atoms with Crippen molar-refractivity contribution in [1.82, 2.24) is 10.6 Å². The molecule has 0 aliphatic heterocycles. The lowest BCUT2D eigenvalue weighted by molar-refractivity contribution is -0.151. The highest BCUT2D eigenvalue weighted by Gasteiger charge is 2.48. The Labute approximate surface area is 312 Å². The van der Waals surface area contributed by atoms with Gasteiger partial charge in [0.1, 0.15) is 27.8 Å². The summed E-state index contributed by atoms with van der Waals surface area (Å²) in [5, 5.41) is 14.7. The fourth-order valence-electron chi connectivity index (χ4n) is 6.45. The van der Waals surface area contributed by atoms with E-state index in [1.165, 1.54) is 14.2 Å². The van der Waals surface area contributed by atoms with Crippen molar-refractivity contribution in [2.45, 2.75) is 188 Å². The molecule has 0 unspecified atom stereocenters. The van der Waals surface area contributed by atoms with Crippen LogP contribution in [0.25, 0.3) is 0 Å². The molecular weight excluding hydrogens is 670 g/mol. The summed E-state index contributed by atoms with van der Waals surface area (Å²) in [5.41, 5.74) is 2.54. The molecule has 0 aromatic heterocycles. The minimum Gasteiger partial charge on any atom is -0.480 e. The number of methoxy groups -OCH3 is 2. The standard InChI is InChI=1S/C15H27NO4.C14H25NO4.C10H19NO2/c1-13(2,3)20-12(18)16-15(11(17)19-6)9-7-14(4,5)8-10-15;1-12(2,3)19-11(18)15-14(10(16)17)8-6-13(4,5)7-9-14;1-9(2)4-6-10(11,7-5-9)8(12)13-3/h7-10H2,1-6H3,(H,16,18);6-9H2,1-5H3,(H,15,18)(H,16,17);4-7,11H2,1-3H3. The number of hydrogen-bond donors (Lipinski definition) is 4. The maximum atomic E-state index is 12.1. The molecule has 0 aromatic rings. The Morgan fingerprint density at radius 2 is 0.808 bits per heavy atom. The zero-order valence-corrected chi connectivity index (χ0v) is 34.7. The number of carboxylic acids is 1. The van der Waals surface area contributed by atoms with Gasteiger partial charge in [0.2, 0.25) is 0 Å². The van der Waals surface area contributed by atoms with Crippen molar-refractivity contribution in [2.75, 3.05) is 14.2 Å². The van der Waals surface area contributed by atoms with E-state index < -0.39 is 46.0 Å². The molecule has 0 saturated heterocycles. The Morgan fingerprint density at radius 3 is 1.10 bits per heavy atom. The van der Waals surface area contributed by atoms with Gasteiger partial charge in [-0.3, -0.25) is 4.79 Å². The first-order chi connectivity index (χ1) is 23.4. The number of carboxylic acid groups (broad SMARTS) is 1. The van der Waals surface area contributed by atoms with Crippen LogP contribution in [0.5, 0.6) is 0 Å². The van der Waals surface area contributed by atoms with Gasteiger partial charge >= 0.3 is 30.1 Å². The van der Waals surface area contributed by atoms with E-state index >= 15 is 0 Å². The largest absolute Gasteiger partial charge is 0.480 e. The summed E-state index contributed by atoms with van der Waals surface area (Å²) in [7, 11) is 2.75. The smallest absolute Gasteiger partial charge is 0.408 e. The number of aliphatic carboxylic acids is 1. The number of alkyl carbamates (subject to hydrolysis) is 2. The van der Waals surface area contributed by atoms with Crippen LogP contribution in [0.15, 0.2) is 0 Å². The normalized spacial score (nSPS) is 22.2. The van der Waals surface area contributed by atoms with E-state index in [1.54, 1.807) is 41.5 Å². The van der Waals surface area contributed by atoms with Crippen molar-refractivity contribution in [3.63, 3.8) is 0 Å². The lowest BCUT2D eigenvalue weighted by atomic mass is 9.69. The highest BCUT2D eigenvalue weighted by atomic mass is 16.6. The van der Waals surface area contributed by atoms with Crippen molar-refractivity contribution in [3.05, 3.63) is 0 Å². The minimum absolute atomic E-state index is 0.133. The van der Waals surface area contributed by atoms with E-state index in [-0.39, 0.29) is 22.8 Å². The molecule has 3 rings (SSSR count). The zero-order chi connectivity index (χ0) is 40.6. The molecule has 0 atom stereocenters. The van der Waals surface area contributed by atoms with Gasteiger partial charge in [-0.05, 0) is 135 Å². The molecule has 0 radical (unpaired) electrons. The summed E-state index contributed by atoms with van der Waals surface area (Å²) < 4.78 is 20.0. The van der Waals surface area contributed by atoms with E-state index in [9.17, 15) is 29.1 Å². The summed E-state index contributed by atoms with van der Waals surface area (Å²) in [5.74, 6) is -1.63. The predicted octanol–water partition coefficient (Wildman–Crippen LogP) is 7.41. The van der Waals surface area contributed by atoms with Gasteiger partial charge in [0.05, 0.1) is 14.2 Å². The molecule has 2 amide bonds. The monoisotopic (exact) mass is 742 g/mol. The second-order valence-electron chi connectivity index (χ2n) is 19.4. The molecule has 3 fully saturated rings. The summed E-state index contributed by atoms with van der Waals surface area (Å²) in [6.07, 6.45) is 7.55. The summed E-state index contributed by atoms with van der Waals surface area (Å²) in [6, 6.07) is 0. The molecule has 302 valence electrons. The van der Waals surface area contributed by atoms with Gasteiger partial charge in [-0.15, -0.1) is 0 Å². The number of rotatable bonds is 5. The number of amides is 2. The van der Waals surface area contributed by atoms with Gasteiger partial charge < -0.3 is 40.4 Å². The van der Waals surface area contributed by atoms with Crippen LogP contribution >= 0.6 is 0 Å². The van der Waals surface area contributed by atoms with E-state index in [1.807, 2.05) is 0 Å². The summed E-state index contributed by atoms with van der Waals surface area (Å²) >= 11 is 0. The number of esters is 2. The molecule has 3 saturated carbocycles. The molecule has 52 heavy (non-hydrogen) atoms.